The first-order valence-corrected chi connectivity index (χ1v) is 11.4. The van der Waals surface area contributed by atoms with Gasteiger partial charge in [0.25, 0.3) is 11.8 Å². The molecule has 2 aromatic carbocycles. The summed E-state index contributed by atoms with van der Waals surface area (Å²) in [4.78, 5) is 26.8. The summed E-state index contributed by atoms with van der Waals surface area (Å²) in [6, 6.07) is 13.4. The lowest BCUT2D eigenvalue weighted by Crippen LogP contribution is -2.46. The van der Waals surface area contributed by atoms with E-state index in [1.54, 1.807) is 13.1 Å². The Labute approximate surface area is 189 Å². The summed E-state index contributed by atoms with van der Waals surface area (Å²) in [5.74, 6) is 0.703. The van der Waals surface area contributed by atoms with Crippen LogP contribution in [0.3, 0.4) is 0 Å². The molecule has 6 heteroatoms. The first-order valence-electron chi connectivity index (χ1n) is 11.4. The van der Waals surface area contributed by atoms with Gasteiger partial charge in [-0.15, -0.1) is 0 Å². The smallest absolute Gasteiger partial charge is 0.253 e. The number of nitrogens with zero attached hydrogens (tertiary/aromatic N) is 1. The van der Waals surface area contributed by atoms with E-state index < -0.39 is 0 Å². The number of amides is 2. The summed E-state index contributed by atoms with van der Waals surface area (Å²) >= 11 is 0. The molecule has 1 spiro atoms. The Morgan fingerprint density at radius 1 is 1.03 bits per heavy atom. The first kappa shape index (κ1) is 22.1. The summed E-state index contributed by atoms with van der Waals surface area (Å²) < 4.78 is 6.49. The molecule has 32 heavy (non-hydrogen) atoms. The summed E-state index contributed by atoms with van der Waals surface area (Å²) in [7, 11) is 1.63. The van der Waals surface area contributed by atoms with Crippen LogP contribution >= 0.6 is 0 Å². The number of ether oxygens (including phenoxy) is 1. The fourth-order valence-electron chi connectivity index (χ4n) is 4.53. The van der Waals surface area contributed by atoms with Gasteiger partial charge in [-0.2, -0.15) is 0 Å². The molecule has 2 heterocycles. The van der Waals surface area contributed by atoms with E-state index in [1.807, 2.05) is 55.1 Å². The molecule has 0 radical (unpaired) electrons. The number of carbonyl (C=O) groups is 2. The topological polar surface area (TPSA) is 70.7 Å². The predicted molar refractivity (Wildman–Crippen MR) is 126 cm³/mol. The number of hydrogen-bond acceptors (Lipinski definition) is 4. The van der Waals surface area contributed by atoms with Gasteiger partial charge in [-0.05, 0) is 74.5 Å². The highest BCUT2D eigenvalue weighted by Crippen LogP contribution is 2.43. The average Bonchev–Trinajstić information content (AvgIpc) is 2.84. The predicted octanol–water partition coefficient (Wildman–Crippen LogP) is 3.47. The van der Waals surface area contributed by atoms with E-state index in [0.29, 0.717) is 24.2 Å². The molecule has 4 rings (SSSR count). The number of benzene rings is 2. The van der Waals surface area contributed by atoms with Crippen molar-refractivity contribution in [2.75, 3.05) is 33.2 Å². The maximum atomic E-state index is 12.7. The van der Waals surface area contributed by atoms with E-state index in [1.165, 1.54) is 0 Å². The monoisotopic (exact) mass is 433 g/mol. The summed E-state index contributed by atoms with van der Waals surface area (Å²) in [6.45, 7) is 7.14. The molecule has 0 aromatic heterocycles. The Kier molecular flexibility index (Phi) is 6.33. The maximum Gasteiger partial charge on any atom is 0.253 e. The molecule has 1 fully saturated rings. The quantitative estimate of drug-likeness (QED) is 0.758. The Bertz CT molecular complexity index is 1030. The van der Waals surface area contributed by atoms with E-state index in [-0.39, 0.29) is 17.4 Å². The molecule has 0 aliphatic carbocycles. The fourth-order valence-corrected chi connectivity index (χ4v) is 4.53. The van der Waals surface area contributed by atoms with Gasteiger partial charge in [0.15, 0.2) is 0 Å². The number of fused-ring (bicyclic) bond motifs is 1. The second-order valence-corrected chi connectivity index (χ2v) is 8.32. The van der Waals surface area contributed by atoms with Crippen molar-refractivity contribution in [3.05, 3.63) is 70.8 Å². The van der Waals surface area contributed by atoms with Gasteiger partial charge in [-0.3, -0.25) is 9.59 Å². The van der Waals surface area contributed by atoms with Crippen LogP contribution < -0.4 is 15.4 Å². The highest BCUT2D eigenvalue weighted by molar-refractivity contribution is 5.97. The standard InChI is InChI=1S/C26H31N3O3/c1-4-29(5-2)25(31)19-8-6-18(7-9-19)22-17-26(12-14-28-15-13-26)32-23-11-10-20(16-21(22)23)24(30)27-3/h6-11,16-17,28H,4-5,12-15H2,1-3H3,(H,27,30). The van der Waals surface area contributed by atoms with Crippen LogP contribution in [0.5, 0.6) is 5.75 Å². The van der Waals surface area contributed by atoms with E-state index in [0.717, 1.165) is 48.4 Å². The van der Waals surface area contributed by atoms with Gasteiger partial charge in [0.05, 0.1) is 0 Å². The van der Waals surface area contributed by atoms with Crippen molar-refractivity contribution in [2.24, 2.45) is 0 Å². The normalized spacial score (nSPS) is 16.5. The van der Waals surface area contributed by atoms with E-state index in [4.69, 9.17) is 4.74 Å². The zero-order valence-corrected chi connectivity index (χ0v) is 19.0. The van der Waals surface area contributed by atoms with Crippen molar-refractivity contribution in [1.29, 1.82) is 0 Å². The Morgan fingerprint density at radius 3 is 2.31 bits per heavy atom. The lowest BCUT2D eigenvalue weighted by Gasteiger charge is -2.40. The third kappa shape index (κ3) is 4.15. The van der Waals surface area contributed by atoms with Gasteiger partial charge in [0.2, 0.25) is 0 Å². The molecule has 2 aliphatic heterocycles. The Morgan fingerprint density at radius 2 is 1.69 bits per heavy atom. The second kappa shape index (κ2) is 9.17. The lowest BCUT2D eigenvalue weighted by molar-refractivity contribution is 0.0772. The zero-order valence-electron chi connectivity index (χ0n) is 19.0. The third-order valence-electron chi connectivity index (χ3n) is 6.42. The van der Waals surface area contributed by atoms with Crippen LogP contribution in [0.25, 0.3) is 5.57 Å². The van der Waals surface area contributed by atoms with Crippen LogP contribution in [-0.2, 0) is 0 Å². The molecule has 2 amide bonds. The van der Waals surface area contributed by atoms with Crippen LogP contribution in [-0.4, -0.2) is 55.5 Å². The van der Waals surface area contributed by atoms with Crippen LogP contribution in [0.15, 0.2) is 48.5 Å². The average molecular weight is 434 g/mol. The van der Waals surface area contributed by atoms with Gasteiger partial charge in [0, 0.05) is 49.7 Å². The molecular formula is C26H31N3O3. The number of hydrogen-bond donors (Lipinski definition) is 2. The van der Waals surface area contributed by atoms with Gasteiger partial charge >= 0.3 is 0 Å². The van der Waals surface area contributed by atoms with Gasteiger partial charge in [0.1, 0.15) is 11.4 Å². The summed E-state index contributed by atoms with van der Waals surface area (Å²) in [5, 5.41) is 6.10. The molecule has 1 saturated heterocycles. The molecular weight excluding hydrogens is 402 g/mol. The highest BCUT2D eigenvalue weighted by Gasteiger charge is 2.37. The van der Waals surface area contributed by atoms with E-state index in [9.17, 15) is 9.59 Å². The Hall–Kier alpha value is -3.12. The molecule has 2 N–H and O–H groups in total. The second-order valence-electron chi connectivity index (χ2n) is 8.32. The van der Waals surface area contributed by atoms with Crippen molar-refractivity contribution in [3.63, 3.8) is 0 Å². The van der Waals surface area contributed by atoms with Crippen molar-refractivity contribution >= 4 is 17.4 Å². The van der Waals surface area contributed by atoms with E-state index >= 15 is 0 Å². The molecule has 168 valence electrons. The van der Waals surface area contributed by atoms with Crippen molar-refractivity contribution in [2.45, 2.75) is 32.3 Å². The van der Waals surface area contributed by atoms with Crippen molar-refractivity contribution < 1.29 is 14.3 Å². The van der Waals surface area contributed by atoms with Crippen molar-refractivity contribution in [3.8, 4) is 5.75 Å². The minimum atomic E-state index is -0.363. The third-order valence-corrected chi connectivity index (χ3v) is 6.42. The van der Waals surface area contributed by atoms with Crippen molar-refractivity contribution in [1.82, 2.24) is 15.5 Å². The summed E-state index contributed by atoms with van der Waals surface area (Å²) in [6.07, 6.45) is 3.97. The largest absolute Gasteiger partial charge is 0.482 e. The molecule has 0 saturated carbocycles. The number of rotatable bonds is 5. The van der Waals surface area contributed by atoms with Gasteiger partial charge in [-0.25, -0.2) is 0 Å². The molecule has 2 aliphatic rings. The molecule has 0 atom stereocenters. The zero-order chi connectivity index (χ0) is 22.7. The molecule has 0 unspecified atom stereocenters. The lowest BCUT2D eigenvalue weighted by atomic mass is 9.83. The fraction of sp³-hybridized carbons (Fsp3) is 0.385. The maximum absolute atomic E-state index is 12.7. The molecule has 6 nitrogen and oxygen atoms in total. The first-order chi connectivity index (χ1) is 15.5. The SMILES string of the molecule is CCN(CC)C(=O)c1ccc(C2=CC3(CCNCC3)Oc3ccc(C(=O)NC)cc32)cc1. The van der Waals surface area contributed by atoms with Crippen LogP contribution in [0.1, 0.15) is 58.5 Å². The van der Waals surface area contributed by atoms with Gasteiger partial charge < -0.3 is 20.3 Å². The van der Waals surface area contributed by atoms with Crippen LogP contribution in [0.4, 0.5) is 0 Å². The minimum absolute atomic E-state index is 0.0413. The number of piperidine rings is 1. The summed E-state index contributed by atoms with van der Waals surface area (Å²) in [5.41, 5.74) is 3.87. The molecule has 0 bridgehead atoms. The molecule has 2 aromatic rings. The van der Waals surface area contributed by atoms with Gasteiger partial charge in [-0.1, -0.05) is 12.1 Å². The minimum Gasteiger partial charge on any atom is -0.482 e. The van der Waals surface area contributed by atoms with Crippen LogP contribution in [0, 0.1) is 0 Å². The number of carbonyl (C=O) groups excluding carboxylic acids is 2. The van der Waals surface area contributed by atoms with Crippen LogP contribution in [0.2, 0.25) is 0 Å². The highest BCUT2D eigenvalue weighted by atomic mass is 16.5. The Balaban J connectivity index is 1.76. The van der Waals surface area contributed by atoms with E-state index in [2.05, 4.69) is 16.7 Å². The number of nitrogens with one attached hydrogen (secondary N) is 2.